The first-order valence-electron chi connectivity index (χ1n) is 7.25. The summed E-state index contributed by atoms with van der Waals surface area (Å²) in [5.74, 6) is 0.659. The molecule has 5 nitrogen and oxygen atoms in total. The first-order valence-corrected chi connectivity index (χ1v) is 7.25. The first-order chi connectivity index (χ1) is 9.95. The van der Waals surface area contributed by atoms with Crippen LogP contribution >= 0.6 is 0 Å². The molecule has 1 heterocycles. The number of aromatic nitrogens is 2. The van der Waals surface area contributed by atoms with Crippen molar-refractivity contribution in [3.05, 3.63) is 30.1 Å². The van der Waals surface area contributed by atoms with Gasteiger partial charge in [-0.25, -0.2) is 4.98 Å². The molecule has 0 aliphatic rings. The molecule has 0 bridgehead atoms. The Labute approximate surface area is 125 Å². The van der Waals surface area contributed by atoms with Crippen molar-refractivity contribution in [1.29, 1.82) is 0 Å². The maximum Gasteiger partial charge on any atom is 0.325 e. The fourth-order valence-electron chi connectivity index (χ4n) is 2.58. The van der Waals surface area contributed by atoms with Crippen molar-refractivity contribution in [1.82, 2.24) is 9.55 Å². The number of fused-ring (bicyclic) bond motifs is 1. The number of carbonyl (C=O) groups excluding carboxylic acids is 1. The predicted molar refractivity (Wildman–Crippen MR) is 82.9 cm³/mol. The van der Waals surface area contributed by atoms with E-state index in [9.17, 15) is 4.79 Å². The zero-order valence-electron chi connectivity index (χ0n) is 12.9. The van der Waals surface area contributed by atoms with Gasteiger partial charge in [0.15, 0.2) is 0 Å². The van der Waals surface area contributed by atoms with Gasteiger partial charge in [-0.05, 0) is 45.2 Å². The molecular weight excluding hydrogens is 266 g/mol. The molecule has 2 aromatic rings. The van der Waals surface area contributed by atoms with E-state index >= 15 is 0 Å². The van der Waals surface area contributed by atoms with Gasteiger partial charge in [0.2, 0.25) is 0 Å². The maximum absolute atomic E-state index is 11.5. The van der Waals surface area contributed by atoms with Crippen LogP contribution in [0.5, 0.6) is 0 Å². The molecule has 21 heavy (non-hydrogen) atoms. The Kier molecular flexibility index (Phi) is 4.63. The summed E-state index contributed by atoms with van der Waals surface area (Å²) in [4.78, 5) is 16.1. The minimum Gasteiger partial charge on any atom is -0.468 e. The Morgan fingerprint density at radius 2 is 2.10 bits per heavy atom. The molecule has 2 N–H and O–H groups in total. The number of ether oxygens (including phenoxy) is 1. The average Bonchev–Trinajstić information content (AvgIpc) is 2.78. The van der Waals surface area contributed by atoms with Crippen molar-refractivity contribution >= 4 is 17.0 Å². The molecule has 1 atom stereocenters. The fraction of sp³-hybridized carbons (Fsp3) is 0.500. The van der Waals surface area contributed by atoms with Crippen LogP contribution in [0.2, 0.25) is 0 Å². The van der Waals surface area contributed by atoms with E-state index in [1.54, 1.807) is 6.92 Å². The van der Waals surface area contributed by atoms with Gasteiger partial charge in [0, 0.05) is 6.54 Å². The number of benzene rings is 1. The number of carbonyl (C=O) groups is 1. The summed E-state index contributed by atoms with van der Waals surface area (Å²) in [6.45, 7) is 4.61. The van der Waals surface area contributed by atoms with Crippen LogP contribution < -0.4 is 5.73 Å². The topological polar surface area (TPSA) is 70.1 Å². The highest BCUT2D eigenvalue weighted by Crippen LogP contribution is 2.18. The van der Waals surface area contributed by atoms with E-state index in [4.69, 9.17) is 10.5 Å². The third-order valence-corrected chi connectivity index (χ3v) is 3.82. The minimum absolute atomic E-state index is 0.355. The molecule has 0 saturated heterocycles. The van der Waals surface area contributed by atoms with E-state index in [1.165, 1.54) is 7.11 Å². The number of nitrogens with zero attached hydrogens (tertiary/aromatic N) is 2. The zero-order valence-corrected chi connectivity index (χ0v) is 12.9. The molecule has 1 aromatic heterocycles. The minimum atomic E-state index is -0.902. The Bertz CT molecular complexity index is 631. The Hall–Kier alpha value is -1.88. The van der Waals surface area contributed by atoms with Crippen molar-refractivity contribution in [2.45, 2.75) is 45.2 Å². The first kappa shape index (κ1) is 15.5. The van der Waals surface area contributed by atoms with Crippen molar-refractivity contribution in [2.24, 2.45) is 5.73 Å². The van der Waals surface area contributed by atoms with Gasteiger partial charge < -0.3 is 15.0 Å². The van der Waals surface area contributed by atoms with Crippen molar-refractivity contribution in [3.63, 3.8) is 0 Å². The monoisotopic (exact) mass is 289 g/mol. The molecule has 0 saturated carbocycles. The van der Waals surface area contributed by atoms with Crippen molar-refractivity contribution in [2.75, 3.05) is 7.11 Å². The number of imidazole rings is 1. The Balaban J connectivity index is 1.94. The molecule has 2 rings (SSSR count). The number of rotatable bonds is 6. The quantitative estimate of drug-likeness (QED) is 0.655. The largest absolute Gasteiger partial charge is 0.468 e. The molecular formula is C16H23N3O2. The molecule has 1 aromatic carbocycles. The number of esters is 1. The lowest BCUT2D eigenvalue weighted by molar-refractivity contribution is -0.146. The van der Waals surface area contributed by atoms with E-state index in [1.807, 2.05) is 25.1 Å². The summed E-state index contributed by atoms with van der Waals surface area (Å²) in [6.07, 6.45) is 2.43. The number of methoxy groups -OCH3 is 1. The van der Waals surface area contributed by atoms with Crippen LogP contribution in [0.4, 0.5) is 0 Å². The zero-order chi connectivity index (χ0) is 15.5. The lowest BCUT2D eigenvalue weighted by Gasteiger charge is -2.21. The highest BCUT2D eigenvalue weighted by Gasteiger charge is 2.28. The van der Waals surface area contributed by atoms with E-state index in [2.05, 4.69) is 15.6 Å². The van der Waals surface area contributed by atoms with Gasteiger partial charge in [-0.3, -0.25) is 4.79 Å². The molecule has 1 unspecified atom stereocenters. The summed E-state index contributed by atoms with van der Waals surface area (Å²) < 4.78 is 6.93. The maximum atomic E-state index is 11.5. The summed E-state index contributed by atoms with van der Waals surface area (Å²) in [5.41, 5.74) is 7.23. The fourth-order valence-corrected chi connectivity index (χ4v) is 2.58. The lowest BCUT2D eigenvalue weighted by Crippen LogP contribution is -2.45. The molecule has 0 amide bonds. The van der Waals surface area contributed by atoms with E-state index in [-0.39, 0.29) is 5.97 Å². The molecule has 5 heteroatoms. The summed E-state index contributed by atoms with van der Waals surface area (Å²) in [5, 5.41) is 0. The van der Waals surface area contributed by atoms with Gasteiger partial charge >= 0.3 is 5.97 Å². The third-order valence-electron chi connectivity index (χ3n) is 3.82. The van der Waals surface area contributed by atoms with Crippen LogP contribution in [0.25, 0.3) is 11.0 Å². The summed E-state index contributed by atoms with van der Waals surface area (Å²) in [6, 6.07) is 8.12. The van der Waals surface area contributed by atoms with Gasteiger partial charge in [0.1, 0.15) is 11.4 Å². The average molecular weight is 289 g/mol. The molecule has 114 valence electrons. The van der Waals surface area contributed by atoms with Gasteiger partial charge in [0.05, 0.1) is 18.1 Å². The number of para-hydroxylation sites is 2. The number of hydrogen-bond acceptors (Lipinski definition) is 4. The number of unbranched alkanes of at least 4 members (excludes halogenated alkanes) is 1. The molecule has 0 spiro atoms. The second-order valence-electron chi connectivity index (χ2n) is 5.67. The van der Waals surface area contributed by atoms with E-state index < -0.39 is 5.54 Å². The number of hydrogen-bond donors (Lipinski definition) is 1. The predicted octanol–water partition coefficient (Wildman–Crippen LogP) is 2.41. The molecule has 0 aliphatic heterocycles. The van der Waals surface area contributed by atoms with Crippen molar-refractivity contribution < 1.29 is 9.53 Å². The van der Waals surface area contributed by atoms with Crippen LogP contribution in [0, 0.1) is 6.92 Å². The standard InChI is InChI=1S/C16H23N3O2/c1-12-18-13-8-4-5-9-14(13)19(12)11-7-6-10-16(2,17)15(20)21-3/h4-5,8-9H,6-7,10-11,17H2,1-3H3. The third kappa shape index (κ3) is 3.42. The van der Waals surface area contributed by atoms with E-state index in [0.29, 0.717) is 6.42 Å². The highest BCUT2D eigenvalue weighted by atomic mass is 16.5. The lowest BCUT2D eigenvalue weighted by atomic mass is 9.96. The van der Waals surface area contributed by atoms with Crippen LogP contribution in [0.3, 0.4) is 0 Å². The van der Waals surface area contributed by atoms with E-state index in [0.717, 1.165) is 36.2 Å². The molecule has 0 fully saturated rings. The smallest absolute Gasteiger partial charge is 0.325 e. The van der Waals surface area contributed by atoms with Crippen LogP contribution in [-0.2, 0) is 16.1 Å². The van der Waals surface area contributed by atoms with Crippen LogP contribution in [0.15, 0.2) is 24.3 Å². The van der Waals surface area contributed by atoms with Gasteiger partial charge in [-0.2, -0.15) is 0 Å². The number of aryl methyl sites for hydroxylation is 2. The second-order valence-corrected chi connectivity index (χ2v) is 5.67. The summed E-state index contributed by atoms with van der Waals surface area (Å²) >= 11 is 0. The summed E-state index contributed by atoms with van der Waals surface area (Å²) in [7, 11) is 1.37. The van der Waals surface area contributed by atoms with Gasteiger partial charge in [-0.1, -0.05) is 12.1 Å². The van der Waals surface area contributed by atoms with Gasteiger partial charge in [0.25, 0.3) is 0 Å². The van der Waals surface area contributed by atoms with Crippen LogP contribution in [-0.4, -0.2) is 28.2 Å². The Morgan fingerprint density at radius 1 is 1.38 bits per heavy atom. The molecule has 0 radical (unpaired) electrons. The Morgan fingerprint density at radius 3 is 2.81 bits per heavy atom. The molecule has 0 aliphatic carbocycles. The SMILES string of the molecule is COC(=O)C(C)(N)CCCCn1c(C)nc2ccccc21. The van der Waals surface area contributed by atoms with Gasteiger partial charge in [-0.15, -0.1) is 0 Å². The highest BCUT2D eigenvalue weighted by molar-refractivity contribution is 5.79. The van der Waals surface area contributed by atoms with Crippen LogP contribution in [0.1, 0.15) is 32.0 Å². The number of nitrogens with two attached hydrogens (primary N) is 1. The normalized spacial score (nSPS) is 14.1. The van der Waals surface area contributed by atoms with Crippen molar-refractivity contribution in [3.8, 4) is 0 Å². The second kappa shape index (κ2) is 6.26.